The summed E-state index contributed by atoms with van der Waals surface area (Å²) < 4.78 is 13.9. The third kappa shape index (κ3) is 1.86. The monoisotopic (exact) mass is 221 g/mol. The van der Waals surface area contributed by atoms with Gasteiger partial charge in [-0.25, -0.2) is 4.39 Å². The molecule has 0 heterocycles. The molecular formula is C14H20FN. The quantitative estimate of drug-likeness (QED) is 0.771. The molecule has 88 valence electrons. The van der Waals surface area contributed by atoms with E-state index in [1.165, 1.54) is 6.42 Å². The van der Waals surface area contributed by atoms with Crippen LogP contribution in [0.1, 0.15) is 43.7 Å². The fourth-order valence-corrected chi connectivity index (χ4v) is 2.77. The van der Waals surface area contributed by atoms with Gasteiger partial charge in [0.2, 0.25) is 0 Å². The molecule has 0 aliphatic heterocycles. The van der Waals surface area contributed by atoms with E-state index in [9.17, 15) is 4.39 Å². The lowest BCUT2D eigenvalue weighted by Crippen LogP contribution is -2.45. The minimum Gasteiger partial charge on any atom is -0.321 e. The fraction of sp³-hybridized carbons (Fsp3) is 0.571. The topological polar surface area (TPSA) is 26.0 Å². The van der Waals surface area contributed by atoms with Crippen molar-refractivity contribution in [3.63, 3.8) is 0 Å². The fourth-order valence-electron chi connectivity index (χ4n) is 2.77. The Balaban J connectivity index is 2.44. The highest BCUT2D eigenvalue weighted by atomic mass is 19.1. The Labute approximate surface area is 96.9 Å². The summed E-state index contributed by atoms with van der Waals surface area (Å²) >= 11 is 0. The Morgan fingerprint density at radius 3 is 2.81 bits per heavy atom. The van der Waals surface area contributed by atoms with E-state index < -0.39 is 5.54 Å². The van der Waals surface area contributed by atoms with Crippen molar-refractivity contribution in [2.45, 2.75) is 45.1 Å². The van der Waals surface area contributed by atoms with Gasteiger partial charge in [0.05, 0.1) is 0 Å². The standard InChI is InChI=1S/C14H20FN/c1-10-6-7-13(15)12(9-10)14(16)8-4-3-5-11(14)2/h6-7,9,11H,3-5,8,16H2,1-2H3. The molecule has 0 radical (unpaired) electrons. The predicted molar refractivity (Wildman–Crippen MR) is 64.6 cm³/mol. The zero-order valence-corrected chi connectivity index (χ0v) is 10.1. The van der Waals surface area contributed by atoms with Gasteiger partial charge in [-0.05, 0) is 31.7 Å². The van der Waals surface area contributed by atoms with Gasteiger partial charge < -0.3 is 5.73 Å². The van der Waals surface area contributed by atoms with Crippen LogP contribution >= 0.6 is 0 Å². The van der Waals surface area contributed by atoms with Gasteiger partial charge in [0.15, 0.2) is 0 Å². The molecule has 1 aromatic rings. The molecule has 2 N–H and O–H groups in total. The van der Waals surface area contributed by atoms with Crippen molar-refractivity contribution < 1.29 is 4.39 Å². The van der Waals surface area contributed by atoms with Crippen LogP contribution < -0.4 is 5.73 Å². The maximum atomic E-state index is 13.9. The number of rotatable bonds is 1. The van der Waals surface area contributed by atoms with E-state index in [1.807, 2.05) is 13.0 Å². The van der Waals surface area contributed by atoms with Gasteiger partial charge in [-0.1, -0.05) is 37.5 Å². The number of benzene rings is 1. The average molecular weight is 221 g/mol. The Morgan fingerprint density at radius 1 is 1.38 bits per heavy atom. The van der Waals surface area contributed by atoms with Crippen LogP contribution in [-0.4, -0.2) is 0 Å². The molecule has 1 fully saturated rings. The number of hydrogen-bond acceptors (Lipinski definition) is 1. The van der Waals surface area contributed by atoms with E-state index in [-0.39, 0.29) is 5.82 Å². The maximum absolute atomic E-state index is 13.9. The molecule has 1 aliphatic carbocycles. The molecule has 16 heavy (non-hydrogen) atoms. The van der Waals surface area contributed by atoms with Gasteiger partial charge in [-0.15, -0.1) is 0 Å². The Kier molecular flexibility index (Phi) is 3.02. The van der Waals surface area contributed by atoms with Gasteiger partial charge in [0, 0.05) is 11.1 Å². The van der Waals surface area contributed by atoms with Crippen molar-refractivity contribution in [2.75, 3.05) is 0 Å². The first-order valence-electron chi connectivity index (χ1n) is 6.09. The van der Waals surface area contributed by atoms with Crippen LogP contribution in [0.4, 0.5) is 4.39 Å². The lowest BCUT2D eigenvalue weighted by Gasteiger charge is -2.40. The molecule has 2 atom stereocenters. The molecule has 1 aromatic carbocycles. The number of halogens is 1. The zero-order valence-electron chi connectivity index (χ0n) is 10.1. The summed E-state index contributed by atoms with van der Waals surface area (Å²) in [5.74, 6) is 0.208. The predicted octanol–water partition coefficient (Wildman–Crippen LogP) is 3.50. The zero-order chi connectivity index (χ0) is 11.8. The highest BCUT2D eigenvalue weighted by Crippen LogP contribution is 2.40. The van der Waals surface area contributed by atoms with Crippen LogP contribution in [0, 0.1) is 18.7 Å². The van der Waals surface area contributed by atoms with Crippen LogP contribution in [0.5, 0.6) is 0 Å². The second-order valence-corrected chi connectivity index (χ2v) is 5.17. The summed E-state index contributed by atoms with van der Waals surface area (Å²) in [6.45, 7) is 4.13. The Morgan fingerprint density at radius 2 is 2.12 bits per heavy atom. The lowest BCUT2D eigenvalue weighted by molar-refractivity contribution is 0.201. The average Bonchev–Trinajstić information content (AvgIpc) is 2.26. The minimum absolute atomic E-state index is 0.151. The van der Waals surface area contributed by atoms with Gasteiger partial charge in [-0.3, -0.25) is 0 Å². The summed E-state index contributed by atoms with van der Waals surface area (Å²) in [7, 11) is 0. The highest BCUT2D eigenvalue weighted by Gasteiger charge is 2.37. The van der Waals surface area contributed by atoms with Crippen molar-refractivity contribution in [3.05, 3.63) is 35.1 Å². The second-order valence-electron chi connectivity index (χ2n) is 5.17. The highest BCUT2D eigenvalue weighted by molar-refractivity contribution is 5.31. The van der Waals surface area contributed by atoms with E-state index in [0.29, 0.717) is 11.5 Å². The van der Waals surface area contributed by atoms with Gasteiger partial charge in [0.25, 0.3) is 0 Å². The first-order chi connectivity index (χ1) is 7.54. The summed E-state index contributed by atoms with van der Waals surface area (Å²) in [5.41, 5.74) is 7.78. The van der Waals surface area contributed by atoms with Crippen molar-refractivity contribution >= 4 is 0 Å². The molecule has 1 aliphatic rings. The minimum atomic E-state index is -0.464. The van der Waals surface area contributed by atoms with Crippen LogP contribution in [0.2, 0.25) is 0 Å². The molecule has 0 amide bonds. The van der Waals surface area contributed by atoms with Crippen LogP contribution in [-0.2, 0) is 5.54 Å². The number of aryl methyl sites for hydroxylation is 1. The molecule has 0 bridgehead atoms. The molecule has 2 unspecified atom stereocenters. The van der Waals surface area contributed by atoms with Gasteiger partial charge in [-0.2, -0.15) is 0 Å². The van der Waals surface area contributed by atoms with E-state index in [4.69, 9.17) is 5.73 Å². The van der Waals surface area contributed by atoms with E-state index in [1.54, 1.807) is 12.1 Å². The molecule has 1 nitrogen and oxygen atoms in total. The normalized spacial score (nSPS) is 30.4. The Hall–Kier alpha value is -0.890. The third-order valence-corrected chi connectivity index (χ3v) is 3.98. The molecule has 1 saturated carbocycles. The molecule has 0 aromatic heterocycles. The van der Waals surface area contributed by atoms with E-state index in [0.717, 1.165) is 24.8 Å². The summed E-state index contributed by atoms with van der Waals surface area (Å²) in [5, 5.41) is 0. The molecule has 2 heteroatoms. The van der Waals surface area contributed by atoms with Gasteiger partial charge >= 0.3 is 0 Å². The van der Waals surface area contributed by atoms with E-state index >= 15 is 0 Å². The second kappa shape index (κ2) is 4.17. The van der Waals surface area contributed by atoms with Crippen molar-refractivity contribution in [1.82, 2.24) is 0 Å². The first-order valence-corrected chi connectivity index (χ1v) is 6.09. The van der Waals surface area contributed by atoms with Crippen LogP contribution in [0.3, 0.4) is 0 Å². The summed E-state index contributed by atoms with van der Waals surface area (Å²) in [4.78, 5) is 0. The molecule has 2 rings (SSSR count). The van der Waals surface area contributed by atoms with Gasteiger partial charge in [0.1, 0.15) is 5.82 Å². The number of hydrogen-bond donors (Lipinski definition) is 1. The number of nitrogens with two attached hydrogens (primary N) is 1. The molecular weight excluding hydrogens is 201 g/mol. The van der Waals surface area contributed by atoms with Crippen molar-refractivity contribution in [1.29, 1.82) is 0 Å². The summed E-state index contributed by atoms with van der Waals surface area (Å²) in [6.07, 6.45) is 4.32. The lowest BCUT2D eigenvalue weighted by atomic mass is 9.70. The van der Waals surface area contributed by atoms with Crippen molar-refractivity contribution in [2.24, 2.45) is 11.7 Å². The largest absolute Gasteiger partial charge is 0.321 e. The van der Waals surface area contributed by atoms with Crippen LogP contribution in [0.25, 0.3) is 0 Å². The summed E-state index contributed by atoms with van der Waals surface area (Å²) in [6, 6.07) is 5.26. The maximum Gasteiger partial charge on any atom is 0.128 e. The first kappa shape index (κ1) is 11.6. The molecule has 0 saturated heterocycles. The third-order valence-electron chi connectivity index (χ3n) is 3.98. The molecule has 0 spiro atoms. The van der Waals surface area contributed by atoms with E-state index in [2.05, 4.69) is 6.92 Å². The smallest absolute Gasteiger partial charge is 0.128 e. The Bertz CT molecular complexity index is 388. The van der Waals surface area contributed by atoms with Crippen molar-refractivity contribution in [3.8, 4) is 0 Å². The van der Waals surface area contributed by atoms with Crippen LogP contribution in [0.15, 0.2) is 18.2 Å². The SMILES string of the molecule is Cc1ccc(F)c(C2(N)CCCCC2C)c1.